The molecule has 0 bridgehead atoms. The fraction of sp³-hybridized carbons (Fsp3) is 0.0714. The van der Waals surface area contributed by atoms with Gasteiger partial charge in [0.15, 0.2) is 0 Å². The fourth-order valence-electron chi connectivity index (χ4n) is 3.57. The Morgan fingerprint density at radius 1 is 0.795 bits per heavy atom. The van der Waals surface area contributed by atoms with Gasteiger partial charge in [0.1, 0.15) is 5.25 Å². The molecule has 0 aliphatic heterocycles. The number of alkyl halides is 3. The third kappa shape index (κ3) is 7.23. The SMILES string of the molecule is O=C(Nc1ccc(SC(C(=O)Nc2cccc(C(F)(F)F)c2)c2ccccc2)cc1)c1ccc([N+](=O)[O-])cc1. The van der Waals surface area contributed by atoms with E-state index in [0.29, 0.717) is 16.1 Å². The van der Waals surface area contributed by atoms with Crippen LogP contribution in [0, 0.1) is 10.1 Å². The van der Waals surface area contributed by atoms with Crippen molar-refractivity contribution in [3.05, 3.63) is 130 Å². The standard InChI is InChI=1S/C28H20F3N3O4S/c29-28(30,31)20-7-4-8-22(17-20)33-27(36)25(18-5-2-1-3-6-18)39-24-15-11-21(12-16-24)32-26(35)19-9-13-23(14-10-19)34(37)38/h1-17,25H,(H,32,35)(H,33,36). The molecule has 2 amide bonds. The highest BCUT2D eigenvalue weighted by molar-refractivity contribution is 8.00. The third-order valence-electron chi connectivity index (χ3n) is 5.50. The number of hydrogen-bond donors (Lipinski definition) is 2. The Kier molecular flexibility index (Phi) is 8.30. The van der Waals surface area contributed by atoms with Gasteiger partial charge in [0.2, 0.25) is 5.91 Å². The zero-order chi connectivity index (χ0) is 28.0. The molecule has 1 unspecified atom stereocenters. The molecule has 4 aromatic carbocycles. The smallest absolute Gasteiger partial charge is 0.325 e. The molecule has 0 aliphatic rings. The van der Waals surface area contributed by atoms with E-state index in [1.165, 1.54) is 48.2 Å². The van der Waals surface area contributed by atoms with Crippen LogP contribution in [0.25, 0.3) is 0 Å². The number of nitro groups is 1. The lowest BCUT2D eigenvalue weighted by molar-refractivity contribution is -0.384. The van der Waals surface area contributed by atoms with Crippen LogP contribution in [-0.4, -0.2) is 16.7 Å². The number of nitro benzene ring substituents is 1. The predicted molar refractivity (Wildman–Crippen MR) is 143 cm³/mol. The van der Waals surface area contributed by atoms with Gasteiger partial charge in [0, 0.05) is 34.0 Å². The molecule has 0 heterocycles. The van der Waals surface area contributed by atoms with Gasteiger partial charge in [-0.1, -0.05) is 36.4 Å². The van der Waals surface area contributed by atoms with Crippen LogP contribution in [0.2, 0.25) is 0 Å². The molecule has 0 radical (unpaired) electrons. The second-order valence-corrected chi connectivity index (χ2v) is 9.44. The molecule has 0 saturated heterocycles. The highest BCUT2D eigenvalue weighted by atomic mass is 32.2. The third-order valence-corrected chi connectivity index (χ3v) is 6.77. The molecule has 0 saturated carbocycles. The van der Waals surface area contributed by atoms with Crippen LogP contribution in [0.3, 0.4) is 0 Å². The molecular formula is C28H20F3N3O4S. The van der Waals surface area contributed by atoms with Crippen LogP contribution in [0.4, 0.5) is 30.2 Å². The summed E-state index contributed by atoms with van der Waals surface area (Å²) in [5.41, 5.74) is 0.401. The summed E-state index contributed by atoms with van der Waals surface area (Å²) in [6.07, 6.45) is -4.54. The highest BCUT2D eigenvalue weighted by Crippen LogP contribution is 2.37. The van der Waals surface area contributed by atoms with Gasteiger partial charge in [-0.05, 0) is 60.2 Å². The molecular weight excluding hydrogens is 531 g/mol. The lowest BCUT2D eigenvalue weighted by Crippen LogP contribution is -2.19. The second kappa shape index (κ2) is 11.8. The van der Waals surface area contributed by atoms with E-state index >= 15 is 0 Å². The Hall–Kier alpha value is -4.64. The average Bonchev–Trinajstić information content (AvgIpc) is 2.92. The summed E-state index contributed by atoms with van der Waals surface area (Å²) in [6, 6.07) is 25.1. The average molecular weight is 552 g/mol. The lowest BCUT2D eigenvalue weighted by atomic mass is 10.1. The van der Waals surface area contributed by atoms with Gasteiger partial charge in [0.25, 0.3) is 11.6 Å². The number of nitrogens with one attached hydrogen (secondary N) is 2. The zero-order valence-electron chi connectivity index (χ0n) is 20.0. The van der Waals surface area contributed by atoms with Gasteiger partial charge in [-0.3, -0.25) is 19.7 Å². The van der Waals surface area contributed by atoms with E-state index in [1.807, 2.05) is 0 Å². The number of thioether (sulfide) groups is 1. The highest BCUT2D eigenvalue weighted by Gasteiger charge is 2.31. The number of nitrogens with zero attached hydrogens (tertiary/aromatic N) is 1. The molecule has 0 aliphatic carbocycles. The van der Waals surface area contributed by atoms with Crippen molar-refractivity contribution in [1.29, 1.82) is 0 Å². The van der Waals surface area contributed by atoms with Crippen molar-refractivity contribution in [3.63, 3.8) is 0 Å². The molecule has 39 heavy (non-hydrogen) atoms. The van der Waals surface area contributed by atoms with Crippen LogP contribution in [-0.2, 0) is 11.0 Å². The van der Waals surface area contributed by atoms with Crippen molar-refractivity contribution in [2.24, 2.45) is 0 Å². The quantitative estimate of drug-likeness (QED) is 0.136. The molecule has 4 aromatic rings. The number of anilines is 2. The van der Waals surface area contributed by atoms with Crippen molar-refractivity contribution in [2.45, 2.75) is 16.3 Å². The van der Waals surface area contributed by atoms with E-state index in [1.54, 1.807) is 54.6 Å². The van der Waals surface area contributed by atoms with Crippen LogP contribution in [0.15, 0.2) is 108 Å². The molecule has 7 nitrogen and oxygen atoms in total. The number of hydrogen-bond acceptors (Lipinski definition) is 5. The topological polar surface area (TPSA) is 101 Å². The molecule has 1 atom stereocenters. The first-order valence-electron chi connectivity index (χ1n) is 11.5. The van der Waals surface area contributed by atoms with Crippen molar-refractivity contribution < 1.29 is 27.7 Å². The number of amides is 2. The molecule has 11 heteroatoms. The molecule has 2 N–H and O–H groups in total. The molecule has 4 rings (SSSR count). The van der Waals surface area contributed by atoms with Gasteiger partial charge in [-0.15, -0.1) is 11.8 Å². The summed E-state index contributed by atoms with van der Waals surface area (Å²) in [6.45, 7) is 0. The predicted octanol–water partition coefficient (Wildman–Crippen LogP) is 7.34. The Morgan fingerprint density at radius 3 is 2.08 bits per heavy atom. The number of rotatable bonds is 8. The van der Waals surface area contributed by atoms with Crippen LogP contribution in [0.5, 0.6) is 0 Å². The van der Waals surface area contributed by atoms with Crippen molar-refractivity contribution in [3.8, 4) is 0 Å². The molecule has 0 fully saturated rings. The summed E-state index contributed by atoms with van der Waals surface area (Å²) in [5, 5.41) is 15.3. The van der Waals surface area contributed by atoms with E-state index in [4.69, 9.17) is 0 Å². The van der Waals surface area contributed by atoms with Gasteiger partial charge < -0.3 is 10.6 Å². The number of carbonyl (C=O) groups excluding carboxylic acids is 2. The van der Waals surface area contributed by atoms with Gasteiger partial charge in [0.05, 0.1) is 10.5 Å². The summed E-state index contributed by atoms with van der Waals surface area (Å²) < 4.78 is 39.3. The maximum absolute atomic E-state index is 13.2. The maximum Gasteiger partial charge on any atom is 0.416 e. The minimum absolute atomic E-state index is 0.0284. The normalized spacial score (nSPS) is 11.9. The van der Waals surface area contributed by atoms with E-state index < -0.39 is 33.7 Å². The van der Waals surface area contributed by atoms with E-state index in [-0.39, 0.29) is 16.9 Å². The van der Waals surface area contributed by atoms with Crippen molar-refractivity contribution in [1.82, 2.24) is 0 Å². The maximum atomic E-state index is 13.2. The number of halogens is 3. The minimum Gasteiger partial charge on any atom is -0.325 e. The van der Waals surface area contributed by atoms with E-state index in [9.17, 15) is 32.9 Å². The molecule has 198 valence electrons. The number of benzene rings is 4. The first kappa shape index (κ1) is 27.4. The molecule has 0 spiro atoms. The fourth-order valence-corrected chi connectivity index (χ4v) is 4.60. The Balaban J connectivity index is 1.48. The van der Waals surface area contributed by atoms with E-state index in [2.05, 4.69) is 10.6 Å². The van der Waals surface area contributed by atoms with Gasteiger partial charge in [-0.2, -0.15) is 13.2 Å². The van der Waals surface area contributed by atoms with Crippen molar-refractivity contribution in [2.75, 3.05) is 10.6 Å². The van der Waals surface area contributed by atoms with Gasteiger partial charge in [-0.25, -0.2) is 0 Å². The van der Waals surface area contributed by atoms with Gasteiger partial charge >= 0.3 is 6.18 Å². The summed E-state index contributed by atoms with van der Waals surface area (Å²) in [7, 11) is 0. The Bertz CT molecular complexity index is 1480. The molecule has 0 aromatic heterocycles. The summed E-state index contributed by atoms with van der Waals surface area (Å²) in [5.74, 6) is -0.950. The van der Waals surface area contributed by atoms with Crippen LogP contribution in [0.1, 0.15) is 26.7 Å². The summed E-state index contributed by atoms with van der Waals surface area (Å²) >= 11 is 1.20. The lowest BCUT2D eigenvalue weighted by Gasteiger charge is -2.18. The minimum atomic E-state index is -4.54. The zero-order valence-corrected chi connectivity index (χ0v) is 20.8. The van der Waals surface area contributed by atoms with Crippen LogP contribution < -0.4 is 10.6 Å². The number of non-ortho nitro benzene ring substituents is 1. The van der Waals surface area contributed by atoms with Crippen LogP contribution >= 0.6 is 11.8 Å². The first-order valence-corrected chi connectivity index (χ1v) is 12.3. The number of carbonyl (C=O) groups is 2. The van der Waals surface area contributed by atoms with Crippen molar-refractivity contribution >= 4 is 40.6 Å². The van der Waals surface area contributed by atoms with E-state index in [0.717, 1.165) is 12.1 Å². The first-order chi connectivity index (χ1) is 18.6. The second-order valence-electron chi connectivity index (χ2n) is 8.26. The Morgan fingerprint density at radius 2 is 1.46 bits per heavy atom. The largest absolute Gasteiger partial charge is 0.416 e. The Labute approximate surface area is 225 Å². The summed E-state index contributed by atoms with van der Waals surface area (Å²) in [4.78, 5) is 36.6. The monoisotopic (exact) mass is 551 g/mol.